The largest absolute Gasteiger partial charge is 0.451 e. The standard InChI is InChI=1S/C14H13FN2O3/c1-9(13(18)10-3-5-12(15)6-4-10)20-14(19)11-7-16-17(2)8-11/h3-9H,1-2H3/t9-/m0/s1. The number of hydrogen-bond donors (Lipinski definition) is 0. The van der Waals surface area contributed by atoms with E-state index in [1.165, 1.54) is 48.3 Å². The van der Waals surface area contributed by atoms with Crippen LogP contribution in [0.5, 0.6) is 0 Å². The predicted molar refractivity (Wildman–Crippen MR) is 68.8 cm³/mol. The van der Waals surface area contributed by atoms with Crippen LogP contribution in [-0.2, 0) is 11.8 Å². The number of halogens is 1. The highest BCUT2D eigenvalue weighted by molar-refractivity contribution is 6.01. The number of nitrogens with zero attached hydrogens (tertiary/aromatic N) is 2. The molecule has 2 rings (SSSR count). The molecular weight excluding hydrogens is 263 g/mol. The van der Waals surface area contributed by atoms with Crippen molar-refractivity contribution >= 4 is 11.8 Å². The van der Waals surface area contributed by atoms with Crippen LogP contribution in [0.4, 0.5) is 4.39 Å². The molecule has 0 bridgehead atoms. The Labute approximate surface area is 115 Å². The summed E-state index contributed by atoms with van der Waals surface area (Å²) in [6, 6.07) is 5.07. The number of carbonyl (C=O) groups is 2. The smallest absolute Gasteiger partial charge is 0.342 e. The van der Waals surface area contributed by atoms with E-state index in [-0.39, 0.29) is 16.9 Å². The molecule has 104 valence electrons. The Kier molecular flexibility index (Phi) is 3.93. The maximum atomic E-state index is 12.8. The summed E-state index contributed by atoms with van der Waals surface area (Å²) in [6.45, 7) is 1.47. The Bertz CT molecular complexity index is 634. The highest BCUT2D eigenvalue weighted by atomic mass is 19.1. The molecule has 0 radical (unpaired) electrons. The van der Waals surface area contributed by atoms with Crippen LogP contribution < -0.4 is 0 Å². The van der Waals surface area contributed by atoms with Gasteiger partial charge in [0.05, 0.1) is 11.8 Å². The van der Waals surface area contributed by atoms with Crippen molar-refractivity contribution in [2.75, 3.05) is 0 Å². The van der Waals surface area contributed by atoms with E-state index in [0.717, 1.165) is 0 Å². The third-order valence-corrected chi connectivity index (χ3v) is 2.72. The van der Waals surface area contributed by atoms with E-state index in [2.05, 4.69) is 5.10 Å². The van der Waals surface area contributed by atoms with Crippen molar-refractivity contribution in [3.63, 3.8) is 0 Å². The van der Waals surface area contributed by atoms with E-state index in [1.54, 1.807) is 7.05 Å². The number of aromatic nitrogens is 2. The summed E-state index contributed by atoms with van der Waals surface area (Å²) in [5.74, 6) is -1.44. The van der Waals surface area contributed by atoms with Crippen molar-refractivity contribution < 1.29 is 18.7 Å². The van der Waals surface area contributed by atoms with Gasteiger partial charge in [-0.15, -0.1) is 0 Å². The molecule has 6 heteroatoms. The maximum absolute atomic E-state index is 12.8. The summed E-state index contributed by atoms with van der Waals surface area (Å²) >= 11 is 0. The lowest BCUT2D eigenvalue weighted by atomic mass is 10.1. The van der Waals surface area contributed by atoms with Crippen LogP contribution >= 0.6 is 0 Å². The van der Waals surface area contributed by atoms with Gasteiger partial charge in [0.1, 0.15) is 5.82 Å². The molecule has 5 nitrogen and oxygen atoms in total. The fourth-order valence-electron chi connectivity index (χ4n) is 1.66. The van der Waals surface area contributed by atoms with Gasteiger partial charge in [0.25, 0.3) is 0 Å². The Morgan fingerprint density at radius 3 is 2.45 bits per heavy atom. The predicted octanol–water partition coefficient (Wildman–Crippen LogP) is 1.99. The average molecular weight is 276 g/mol. The number of benzene rings is 1. The van der Waals surface area contributed by atoms with Gasteiger partial charge >= 0.3 is 5.97 Å². The summed E-state index contributed by atoms with van der Waals surface area (Å²) in [5, 5.41) is 3.85. The van der Waals surface area contributed by atoms with Crippen molar-refractivity contribution in [2.24, 2.45) is 7.05 Å². The quantitative estimate of drug-likeness (QED) is 0.633. The molecule has 1 aromatic carbocycles. The highest BCUT2D eigenvalue weighted by Gasteiger charge is 2.21. The summed E-state index contributed by atoms with van der Waals surface area (Å²) < 4.78 is 19.3. The second-order valence-electron chi connectivity index (χ2n) is 4.32. The molecule has 0 aliphatic carbocycles. The lowest BCUT2D eigenvalue weighted by Gasteiger charge is -2.11. The Morgan fingerprint density at radius 2 is 1.90 bits per heavy atom. The Balaban J connectivity index is 2.04. The third-order valence-electron chi connectivity index (χ3n) is 2.72. The highest BCUT2D eigenvalue weighted by Crippen LogP contribution is 2.10. The van der Waals surface area contributed by atoms with Gasteiger partial charge < -0.3 is 4.74 Å². The van der Waals surface area contributed by atoms with E-state index in [1.807, 2.05) is 0 Å². The van der Waals surface area contributed by atoms with E-state index >= 15 is 0 Å². The van der Waals surface area contributed by atoms with Gasteiger partial charge in [-0.3, -0.25) is 9.48 Å². The van der Waals surface area contributed by atoms with Gasteiger partial charge in [-0.25, -0.2) is 9.18 Å². The Hall–Kier alpha value is -2.50. The molecule has 0 saturated carbocycles. The van der Waals surface area contributed by atoms with Crippen molar-refractivity contribution in [1.82, 2.24) is 9.78 Å². The van der Waals surface area contributed by atoms with Crippen LogP contribution in [0.3, 0.4) is 0 Å². The Morgan fingerprint density at radius 1 is 1.25 bits per heavy atom. The summed E-state index contributed by atoms with van der Waals surface area (Å²) in [6.07, 6.45) is 1.91. The van der Waals surface area contributed by atoms with Gasteiger partial charge in [-0.2, -0.15) is 5.10 Å². The number of carbonyl (C=O) groups excluding carboxylic acids is 2. The monoisotopic (exact) mass is 276 g/mol. The van der Waals surface area contributed by atoms with Gasteiger partial charge in [0.15, 0.2) is 6.10 Å². The molecule has 0 aliphatic heterocycles. The normalized spacial score (nSPS) is 11.9. The SMILES string of the molecule is C[C@H](OC(=O)c1cnn(C)c1)C(=O)c1ccc(F)cc1. The number of aryl methyl sites for hydroxylation is 1. The second kappa shape index (κ2) is 5.64. The van der Waals surface area contributed by atoms with Crippen LogP contribution in [0.2, 0.25) is 0 Å². The topological polar surface area (TPSA) is 61.2 Å². The van der Waals surface area contributed by atoms with Crippen LogP contribution in [0, 0.1) is 5.82 Å². The molecule has 0 N–H and O–H groups in total. The zero-order valence-electron chi connectivity index (χ0n) is 11.0. The number of rotatable bonds is 4. The molecule has 0 spiro atoms. The summed E-state index contributed by atoms with van der Waals surface area (Å²) in [4.78, 5) is 23.8. The zero-order chi connectivity index (χ0) is 14.7. The fourth-order valence-corrected chi connectivity index (χ4v) is 1.66. The zero-order valence-corrected chi connectivity index (χ0v) is 11.0. The molecule has 1 atom stereocenters. The van der Waals surface area contributed by atoms with Crippen LogP contribution in [-0.4, -0.2) is 27.6 Å². The van der Waals surface area contributed by atoms with Gasteiger partial charge in [-0.05, 0) is 31.2 Å². The minimum absolute atomic E-state index is 0.270. The second-order valence-corrected chi connectivity index (χ2v) is 4.32. The van der Waals surface area contributed by atoms with E-state index in [0.29, 0.717) is 0 Å². The minimum atomic E-state index is -0.951. The first-order chi connectivity index (χ1) is 9.47. The average Bonchev–Trinajstić information content (AvgIpc) is 2.85. The first-order valence-electron chi connectivity index (χ1n) is 5.97. The molecule has 0 unspecified atom stereocenters. The fraction of sp³-hybridized carbons (Fsp3) is 0.214. The maximum Gasteiger partial charge on any atom is 0.342 e. The number of esters is 1. The first kappa shape index (κ1) is 13.9. The molecule has 2 aromatic rings. The van der Waals surface area contributed by atoms with Gasteiger partial charge in [0, 0.05) is 18.8 Å². The van der Waals surface area contributed by atoms with E-state index in [4.69, 9.17) is 4.74 Å². The minimum Gasteiger partial charge on any atom is -0.451 e. The van der Waals surface area contributed by atoms with Crippen LogP contribution in [0.15, 0.2) is 36.7 Å². The van der Waals surface area contributed by atoms with Crippen molar-refractivity contribution in [1.29, 1.82) is 0 Å². The first-order valence-corrected chi connectivity index (χ1v) is 5.97. The van der Waals surface area contributed by atoms with Crippen molar-refractivity contribution in [3.8, 4) is 0 Å². The lowest BCUT2D eigenvalue weighted by Crippen LogP contribution is -2.24. The van der Waals surface area contributed by atoms with E-state index in [9.17, 15) is 14.0 Å². The molecule has 1 aromatic heterocycles. The molecule has 0 aliphatic rings. The number of hydrogen-bond acceptors (Lipinski definition) is 4. The molecule has 0 saturated heterocycles. The van der Waals surface area contributed by atoms with Crippen LogP contribution in [0.25, 0.3) is 0 Å². The van der Waals surface area contributed by atoms with Gasteiger partial charge in [-0.1, -0.05) is 0 Å². The molecule has 20 heavy (non-hydrogen) atoms. The van der Waals surface area contributed by atoms with Gasteiger partial charge in [0.2, 0.25) is 5.78 Å². The van der Waals surface area contributed by atoms with E-state index < -0.39 is 17.9 Å². The molecule has 0 amide bonds. The summed E-state index contributed by atoms with van der Waals surface area (Å²) in [5.41, 5.74) is 0.559. The third kappa shape index (κ3) is 3.09. The van der Waals surface area contributed by atoms with Crippen molar-refractivity contribution in [2.45, 2.75) is 13.0 Å². The number of Topliss-reactive ketones (excluding diaryl/α,β-unsaturated/α-hetero) is 1. The van der Waals surface area contributed by atoms with Crippen molar-refractivity contribution in [3.05, 3.63) is 53.6 Å². The number of ether oxygens (including phenoxy) is 1. The molecular formula is C14H13FN2O3. The van der Waals surface area contributed by atoms with Crippen LogP contribution in [0.1, 0.15) is 27.6 Å². The summed E-state index contributed by atoms with van der Waals surface area (Å²) in [7, 11) is 1.67. The number of ketones is 1. The lowest BCUT2D eigenvalue weighted by molar-refractivity contribution is 0.0318. The molecule has 1 heterocycles. The molecule has 0 fully saturated rings.